The molecule has 3 aromatic rings. The number of halogens is 2. The third-order valence-corrected chi connectivity index (χ3v) is 7.00. The van der Waals surface area contributed by atoms with E-state index in [-0.39, 0.29) is 30.4 Å². The molecule has 1 aliphatic rings. The van der Waals surface area contributed by atoms with Crippen LogP contribution in [0.2, 0.25) is 5.02 Å². The highest BCUT2D eigenvalue weighted by atomic mass is 35.5. The van der Waals surface area contributed by atoms with Gasteiger partial charge in [-0.1, -0.05) is 23.7 Å². The molecule has 0 spiro atoms. The van der Waals surface area contributed by atoms with E-state index in [9.17, 15) is 14.0 Å². The van der Waals surface area contributed by atoms with Gasteiger partial charge in [0, 0.05) is 28.0 Å². The van der Waals surface area contributed by atoms with E-state index in [4.69, 9.17) is 11.6 Å². The van der Waals surface area contributed by atoms with Gasteiger partial charge in [-0.15, -0.1) is 11.3 Å². The first-order chi connectivity index (χ1) is 15.3. The Kier molecular flexibility index (Phi) is 6.63. The number of thiophene rings is 1. The molecule has 2 heterocycles. The van der Waals surface area contributed by atoms with E-state index in [1.165, 1.54) is 34.0 Å². The smallest absolute Gasteiger partial charge is 0.254 e. The molecule has 0 radical (unpaired) electrons. The van der Waals surface area contributed by atoms with Gasteiger partial charge in [-0.3, -0.25) is 9.59 Å². The zero-order valence-corrected chi connectivity index (χ0v) is 19.5. The van der Waals surface area contributed by atoms with E-state index in [2.05, 4.69) is 11.4 Å². The lowest BCUT2D eigenvalue weighted by Crippen LogP contribution is -2.48. The molecule has 2 aromatic carbocycles. The number of carbonyl (C=O) groups excluding carboxylic acids is 2. The van der Waals surface area contributed by atoms with Crippen molar-refractivity contribution >= 4 is 34.8 Å². The molecule has 32 heavy (non-hydrogen) atoms. The summed E-state index contributed by atoms with van der Waals surface area (Å²) in [5.74, 6) is -0.810. The molecule has 2 amide bonds. The minimum absolute atomic E-state index is 0.0442. The lowest BCUT2D eigenvalue weighted by molar-refractivity contribution is -0.134. The molecule has 1 aliphatic heterocycles. The number of carbonyl (C=O) groups is 2. The molecule has 4 rings (SSSR count). The van der Waals surface area contributed by atoms with Gasteiger partial charge in [0.25, 0.3) is 5.91 Å². The van der Waals surface area contributed by atoms with Crippen molar-refractivity contribution in [2.24, 2.45) is 0 Å². The van der Waals surface area contributed by atoms with Crippen LogP contribution in [-0.2, 0) is 11.2 Å². The van der Waals surface area contributed by atoms with Gasteiger partial charge >= 0.3 is 0 Å². The van der Waals surface area contributed by atoms with Crippen molar-refractivity contribution in [2.75, 3.05) is 13.1 Å². The Hall–Kier alpha value is -2.70. The van der Waals surface area contributed by atoms with E-state index in [0.717, 1.165) is 17.5 Å². The number of hydrogen-bond donors (Lipinski definition) is 0. The second-order valence-corrected chi connectivity index (χ2v) is 9.56. The monoisotopic (exact) mass is 470 g/mol. The summed E-state index contributed by atoms with van der Waals surface area (Å²) in [5.41, 5.74) is 2.47. The first-order valence-corrected chi connectivity index (χ1v) is 11.8. The van der Waals surface area contributed by atoms with Crippen LogP contribution in [0.4, 0.5) is 4.39 Å². The largest absolute Gasteiger partial charge is 0.330 e. The van der Waals surface area contributed by atoms with Crippen LogP contribution >= 0.6 is 22.9 Å². The molecule has 0 saturated heterocycles. The summed E-state index contributed by atoms with van der Waals surface area (Å²) in [4.78, 5) is 31.3. The number of hydrogen-bond acceptors (Lipinski definition) is 3. The van der Waals surface area contributed by atoms with Gasteiger partial charge in [0.1, 0.15) is 12.4 Å². The molecule has 0 N–H and O–H groups in total. The quantitative estimate of drug-likeness (QED) is 0.489. The average Bonchev–Trinajstić information content (AvgIpc) is 3.26. The van der Waals surface area contributed by atoms with Crippen LogP contribution in [0.3, 0.4) is 0 Å². The minimum Gasteiger partial charge on any atom is -0.330 e. The molecule has 0 saturated carbocycles. The second-order valence-electron chi connectivity index (χ2n) is 8.12. The van der Waals surface area contributed by atoms with Gasteiger partial charge in [-0.05, 0) is 79.2 Å². The van der Waals surface area contributed by atoms with E-state index in [1.54, 1.807) is 11.3 Å². The first kappa shape index (κ1) is 22.5. The molecule has 166 valence electrons. The zero-order valence-electron chi connectivity index (χ0n) is 17.9. The molecule has 0 fully saturated rings. The molecule has 1 unspecified atom stereocenters. The van der Waals surface area contributed by atoms with Crippen molar-refractivity contribution in [1.82, 2.24) is 9.80 Å². The molecule has 0 aliphatic carbocycles. The Morgan fingerprint density at radius 2 is 1.81 bits per heavy atom. The van der Waals surface area contributed by atoms with E-state index in [1.807, 2.05) is 43.0 Å². The fraction of sp³-hybridized carbons (Fsp3) is 0.280. The predicted octanol–water partition coefficient (Wildman–Crippen LogP) is 5.57. The highest BCUT2D eigenvalue weighted by Crippen LogP contribution is 2.38. The maximum absolute atomic E-state index is 13.5. The van der Waals surface area contributed by atoms with Crippen LogP contribution in [0.5, 0.6) is 0 Å². The maximum atomic E-state index is 13.5. The van der Waals surface area contributed by atoms with Crippen LogP contribution < -0.4 is 0 Å². The molecule has 1 aromatic heterocycles. The predicted molar refractivity (Wildman–Crippen MR) is 126 cm³/mol. The summed E-state index contributed by atoms with van der Waals surface area (Å²) in [6.45, 7) is 4.28. The lowest BCUT2D eigenvalue weighted by Gasteiger charge is -2.38. The molecular weight excluding hydrogens is 447 g/mol. The Morgan fingerprint density at radius 3 is 2.47 bits per heavy atom. The third-order valence-electron chi connectivity index (χ3n) is 5.75. The van der Waals surface area contributed by atoms with Gasteiger partial charge in [-0.2, -0.15) is 0 Å². The summed E-state index contributed by atoms with van der Waals surface area (Å²) < 4.78 is 13.3. The van der Waals surface area contributed by atoms with Crippen molar-refractivity contribution in [3.05, 3.63) is 92.4 Å². The fourth-order valence-electron chi connectivity index (χ4n) is 4.07. The van der Waals surface area contributed by atoms with Crippen LogP contribution in [0.25, 0.3) is 0 Å². The summed E-state index contributed by atoms with van der Waals surface area (Å²) in [5, 5.41) is 2.70. The van der Waals surface area contributed by atoms with Crippen LogP contribution in [0, 0.1) is 5.82 Å². The van der Waals surface area contributed by atoms with Crippen molar-refractivity contribution in [3.63, 3.8) is 0 Å². The van der Waals surface area contributed by atoms with Crippen molar-refractivity contribution in [3.8, 4) is 0 Å². The van der Waals surface area contributed by atoms with Gasteiger partial charge in [0.05, 0.1) is 6.04 Å². The van der Waals surface area contributed by atoms with Gasteiger partial charge in [-0.25, -0.2) is 4.39 Å². The fourth-order valence-corrected chi connectivity index (χ4v) is 5.10. The van der Waals surface area contributed by atoms with Crippen molar-refractivity contribution in [1.29, 1.82) is 0 Å². The summed E-state index contributed by atoms with van der Waals surface area (Å²) in [6, 6.07) is 14.6. The lowest BCUT2D eigenvalue weighted by atomic mass is 9.93. The van der Waals surface area contributed by atoms with Gasteiger partial charge < -0.3 is 9.80 Å². The molecule has 4 nitrogen and oxygen atoms in total. The second kappa shape index (κ2) is 9.43. The molecule has 1 atom stereocenters. The normalized spacial score (nSPS) is 15.5. The highest BCUT2D eigenvalue weighted by Gasteiger charge is 2.34. The van der Waals surface area contributed by atoms with E-state index in [0.29, 0.717) is 17.1 Å². The number of benzene rings is 2. The van der Waals surface area contributed by atoms with Crippen LogP contribution in [-0.4, -0.2) is 40.7 Å². The first-order valence-electron chi connectivity index (χ1n) is 10.5. The number of nitrogens with zero attached hydrogens (tertiary/aromatic N) is 2. The van der Waals surface area contributed by atoms with Crippen molar-refractivity contribution < 1.29 is 14.0 Å². The Labute approximate surface area is 196 Å². The zero-order chi connectivity index (χ0) is 22.8. The van der Waals surface area contributed by atoms with E-state index >= 15 is 0 Å². The highest BCUT2D eigenvalue weighted by molar-refractivity contribution is 7.10. The molecule has 0 bridgehead atoms. The number of rotatable bonds is 5. The maximum Gasteiger partial charge on any atom is 0.254 e. The van der Waals surface area contributed by atoms with Gasteiger partial charge in [0.2, 0.25) is 5.91 Å². The summed E-state index contributed by atoms with van der Waals surface area (Å²) in [7, 11) is 0. The Balaban J connectivity index is 1.61. The summed E-state index contributed by atoms with van der Waals surface area (Å²) in [6.07, 6.45) is 0.788. The topological polar surface area (TPSA) is 40.6 Å². The summed E-state index contributed by atoms with van der Waals surface area (Å²) >= 11 is 7.79. The Bertz CT molecular complexity index is 1110. The van der Waals surface area contributed by atoms with Crippen molar-refractivity contribution in [2.45, 2.75) is 32.4 Å². The minimum atomic E-state index is -0.403. The van der Waals surface area contributed by atoms with E-state index < -0.39 is 5.82 Å². The molecular formula is C25H24ClFN2O2S. The SMILES string of the molecule is CC(C)N(CC(=O)N1CCc2sccc2C1c1ccc(Cl)cc1)C(=O)c1ccc(F)cc1. The molecule has 7 heteroatoms. The van der Waals surface area contributed by atoms with Gasteiger partial charge in [0.15, 0.2) is 0 Å². The standard InChI is InChI=1S/C25H24ClFN2O2S/c1-16(2)29(25(31)18-5-9-20(27)10-6-18)15-23(30)28-13-11-22-21(12-14-32-22)24(28)17-3-7-19(26)8-4-17/h3-10,12,14,16,24H,11,13,15H2,1-2H3. The Morgan fingerprint density at radius 1 is 1.12 bits per heavy atom. The third kappa shape index (κ3) is 4.57. The van der Waals surface area contributed by atoms with Crippen LogP contribution in [0.1, 0.15) is 46.3 Å². The average molecular weight is 471 g/mol. The number of fused-ring (bicyclic) bond motifs is 1. The van der Waals surface area contributed by atoms with Crippen LogP contribution in [0.15, 0.2) is 60.0 Å². The number of amides is 2.